The molecule has 1 aromatic carbocycles. The summed E-state index contributed by atoms with van der Waals surface area (Å²) in [6, 6.07) is 10.5. The Kier molecular flexibility index (Phi) is 3.92. The number of rotatable bonds is 3. The van der Waals surface area contributed by atoms with Crippen LogP contribution in [0.1, 0.15) is 28.7 Å². The second-order valence-electron chi connectivity index (χ2n) is 5.27. The number of carbonyl (C=O) groups excluding carboxylic acids is 1. The molecule has 0 unspecified atom stereocenters. The molecule has 0 bridgehead atoms. The Balaban J connectivity index is 2.14. The van der Waals surface area contributed by atoms with E-state index in [0.717, 1.165) is 0 Å². The van der Waals surface area contributed by atoms with E-state index in [0.29, 0.717) is 27.8 Å². The molecule has 0 radical (unpaired) electrons. The van der Waals surface area contributed by atoms with Gasteiger partial charge in [0.15, 0.2) is 0 Å². The van der Waals surface area contributed by atoms with Crippen LogP contribution in [-0.2, 0) is 4.74 Å². The number of benzene rings is 1. The lowest BCUT2D eigenvalue weighted by molar-refractivity contribution is 0.0492. The molecule has 2 aromatic heterocycles. The summed E-state index contributed by atoms with van der Waals surface area (Å²) < 4.78 is 10.4. The number of hydrogen-bond acceptors (Lipinski definition) is 5. The minimum absolute atomic E-state index is 0.0501. The summed E-state index contributed by atoms with van der Waals surface area (Å²) in [7, 11) is 0. The van der Waals surface area contributed by atoms with Gasteiger partial charge in [0.05, 0.1) is 6.61 Å². The van der Waals surface area contributed by atoms with Gasteiger partial charge in [-0.2, -0.15) is 5.26 Å². The summed E-state index contributed by atoms with van der Waals surface area (Å²) in [6.07, 6.45) is 0. The van der Waals surface area contributed by atoms with E-state index >= 15 is 0 Å². The summed E-state index contributed by atoms with van der Waals surface area (Å²) in [6.45, 7) is 3.73. The van der Waals surface area contributed by atoms with Crippen LogP contribution in [-0.4, -0.2) is 17.6 Å². The average molecular weight is 322 g/mol. The third-order valence-electron chi connectivity index (χ3n) is 3.58. The molecule has 0 fully saturated rings. The van der Waals surface area contributed by atoms with Crippen molar-refractivity contribution in [3.8, 4) is 17.2 Å². The van der Waals surface area contributed by atoms with E-state index in [1.54, 1.807) is 44.2 Å². The van der Waals surface area contributed by atoms with Crippen LogP contribution in [0.15, 0.2) is 39.5 Å². The zero-order chi connectivity index (χ0) is 17.3. The number of nitrogens with one attached hydrogen (secondary N) is 1. The largest absolute Gasteiger partial charge is 0.460 e. The number of esters is 1. The van der Waals surface area contributed by atoms with Gasteiger partial charge < -0.3 is 14.1 Å². The van der Waals surface area contributed by atoms with Crippen LogP contribution in [0.5, 0.6) is 0 Å². The van der Waals surface area contributed by atoms with Crippen LogP contribution in [0.25, 0.3) is 22.1 Å². The lowest BCUT2D eigenvalue weighted by Gasteiger charge is -2.05. The summed E-state index contributed by atoms with van der Waals surface area (Å²) in [5.41, 5.74) is 2.06. The zero-order valence-electron chi connectivity index (χ0n) is 13.2. The SMILES string of the molecule is CCOC(=O)c1cc2cc(-c3cc(C)[nH]c(=O)c3C#N)ccc2o1. The minimum atomic E-state index is -0.528. The van der Waals surface area contributed by atoms with E-state index in [2.05, 4.69) is 4.98 Å². The van der Waals surface area contributed by atoms with Gasteiger partial charge >= 0.3 is 5.97 Å². The van der Waals surface area contributed by atoms with Gasteiger partial charge in [0.2, 0.25) is 5.76 Å². The molecule has 0 saturated heterocycles. The third kappa shape index (κ3) is 2.68. The zero-order valence-corrected chi connectivity index (χ0v) is 13.2. The molecule has 0 amide bonds. The number of carbonyl (C=O) groups is 1. The molecule has 0 aliphatic carbocycles. The summed E-state index contributed by atoms with van der Waals surface area (Å²) >= 11 is 0. The predicted molar refractivity (Wildman–Crippen MR) is 87.7 cm³/mol. The molecule has 3 rings (SSSR count). The van der Waals surface area contributed by atoms with E-state index in [1.165, 1.54) is 0 Å². The number of hydrogen-bond donors (Lipinski definition) is 1. The fourth-order valence-electron chi connectivity index (χ4n) is 2.54. The predicted octanol–water partition coefficient (Wildman–Crippen LogP) is 3.14. The van der Waals surface area contributed by atoms with Crippen molar-refractivity contribution in [2.75, 3.05) is 6.61 Å². The first-order valence-corrected chi connectivity index (χ1v) is 7.38. The summed E-state index contributed by atoms with van der Waals surface area (Å²) in [4.78, 5) is 26.3. The standard InChI is InChI=1S/C18H14N2O4/c1-3-23-18(22)16-8-12-7-11(4-5-15(12)24-16)13-6-10(2)20-17(21)14(13)9-19/h4-8H,3H2,1-2H3,(H,20,21). The van der Waals surface area contributed by atoms with Gasteiger partial charge in [0.25, 0.3) is 5.56 Å². The number of furan rings is 1. The number of aromatic amines is 1. The van der Waals surface area contributed by atoms with Crippen molar-refractivity contribution in [2.45, 2.75) is 13.8 Å². The molecule has 120 valence electrons. The number of aryl methyl sites for hydroxylation is 1. The van der Waals surface area contributed by atoms with Crippen molar-refractivity contribution in [1.29, 1.82) is 5.26 Å². The number of pyridine rings is 1. The Bertz CT molecular complexity index is 1040. The second-order valence-corrected chi connectivity index (χ2v) is 5.27. The molecule has 0 atom stereocenters. The molecule has 0 aliphatic heterocycles. The van der Waals surface area contributed by atoms with E-state index in [9.17, 15) is 14.9 Å². The third-order valence-corrected chi connectivity index (χ3v) is 3.58. The lowest BCUT2D eigenvalue weighted by Crippen LogP contribution is -2.12. The number of nitriles is 1. The van der Waals surface area contributed by atoms with Gasteiger partial charge in [0, 0.05) is 16.6 Å². The fraction of sp³-hybridized carbons (Fsp3) is 0.167. The van der Waals surface area contributed by atoms with Crippen LogP contribution in [0, 0.1) is 18.3 Å². The molecular weight excluding hydrogens is 308 g/mol. The maximum Gasteiger partial charge on any atom is 0.374 e. The fourth-order valence-corrected chi connectivity index (χ4v) is 2.54. The lowest BCUT2D eigenvalue weighted by atomic mass is 10.00. The molecule has 1 N–H and O–H groups in total. The van der Waals surface area contributed by atoms with Crippen molar-refractivity contribution in [3.05, 3.63) is 57.7 Å². The number of fused-ring (bicyclic) bond motifs is 1. The van der Waals surface area contributed by atoms with Crippen molar-refractivity contribution in [2.24, 2.45) is 0 Å². The Hall–Kier alpha value is -3.33. The van der Waals surface area contributed by atoms with Gasteiger partial charge in [-0.15, -0.1) is 0 Å². The molecule has 3 aromatic rings. The van der Waals surface area contributed by atoms with E-state index in [1.807, 2.05) is 6.07 Å². The number of aromatic nitrogens is 1. The molecule has 6 nitrogen and oxygen atoms in total. The highest BCUT2D eigenvalue weighted by atomic mass is 16.5. The van der Waals surface area contributed by atoms with E-state index < -0.39 is 11.5 Å². The Morgan fingerprint density at radius 3 is 2.83 bits per heavy atom. The molecule has 6 heteroatoms. The molecule has 0 aliphatic rings. The number of ether oxygens (including phenoxy) is 1. The van der Waals surface area contributed by atoms with Crippen LogP contribution < -0.4 is 5.56 Å². The maximum atomic E-state index is 11.9. The molecule has 0 saturated carbocycles. The van der Waals surface area contributed by atoms with Crippen LogP contribution in [0.2, 0.25) is 0 Å². The first-order chi connectivity index (χ1) is 11.5. The minimum Gasteiger partial charge on any atom is -0.460 e. The summed E-state index contributed by atoms with van der Waals surface area (Å²) in [5.74, 6) is -0.411. The quantitative estimate of drug-likeness (QED) is 0.747. The van der Waals surface area contributed by atoms with E-state index in [4.69, 9.17) is 9.15 Å². The monoisotopic (exact) mass is 322 g/mol. The van der Waals surface area contributed by atoms with Gasteiger partial charge in [-0.25, -0.2) is 4.79 Å². The molecule has 0 spiro atoms. The van der Waals surface area contributed by atoms with Gasteiger partial charge in [-0.1, -0.05) is 6.07 Å². The first-order valence-electron chi connectivity index (χ1n) is 7.38. The normalized spacial score (nSPS) is 10.5. The molecule has 2 heterocycles. The molecular formula is C18H14N2O4. The highest BCUT2D eigenvalue weighted by molar-refractivity contribution is 5.94. The highest BCUT2D eigenvalue weighted by Gasteiger charge is 2.15. The van der Waals surface area contributed by atoms with Crippen molar-refractivity contribution in [3.63, 3.8) is 0 Å². The second kappa shape index (κ2) is 6.05. The van der Waals surface area contributed by atoms with E-state index in [-0.39, 0.29) is 17.9 Å². The van der Waals surface area contributed by atoms with Crippen LogP contribution in [0.4, 0.5) is 0 Å². The Labute approximate surface area is 137 Å². The van der Waals surface area contributed by atoms with Gasteiger partial charge in [0.1, 0.15) is 17.2 Å². The van der Waals surface area contributed by atoms with Gasteiger partial charge in [-0.3, -0.25) is 4.79 Å². The topological polar surface area (TPSA) is 96.1 Å². The number of nitrogens with zero attached hydrogens (tertiary/aromatic N) is 1. The number of H-pyrrole nitrogens is 1. The van der Waals surface area contributed by atoms with Crippen LogP contribution in [0.3, 0.4) is 0 Å². The molecule has 24 heavy (non-hydrogen) atoms. The Morgan fingerprint density at radius 1 is 1.33 bits per heavy atom. The van der Waals surface area contributed by atoms with Crippen molar-refractivity contribution < 1.29 is 13.9 Å². The Morgan fingerprint density at radius 2 is 2.12 bits per heavy atom. The average Bonchev–Trinajstić information content (AvgIpc) is 2.97. The van der Waals surface area contributed by atoms with Crippen molar-refractivity contribution >= 4 is 16.9 Å². The highest BCUT2D eigenvalue weighted by Crippen LogP contribution is 2.28. The first kappa shape index (κ1) is 15.6. The van der Waals surface area contributed by atoms with Crippen LogP contribution >= 0.6 is 0 Å². The summed E-state index contributed by atoms with van der Waals surface area (Å²) in [5, 5.41) is 9.94. The maximum absolute atomic E-state index is 11.9. The smallest absolute Gasteiger partial charge is 0.374 e. The van der Waals surface area contributed by atoms with Crippen molar-refractivity contribution in [1.82, 2.24) is 4.98 Å². The van der Waals surface area contributed by atoms with Gasteiger partial charge in [-0.05, 0) is 43.7 Å².